The summed E-state index contributed by atoms with van der Waals surface area (Å²) in [5, 5.41) is 0. The highest BCUT2D eigenvalue weighted by Gasteiger charge is 2.19. The Bertz CT molecular complexity index is 281. The van der Waals surface area contributed by atoms with Crippen LogP contribution in [0.1, 0.15) is 37.0 Å². The Balaban J connectivity index is 2.05. The summed E-state index contributed by atoms with van der Waals surface area (Å²) in [6.07, 6.45) is 2.80. The van der Waals surface area contributed by atoms with E-state index in [1.165, 1.54) is 24.0 Å². The summed E-state index contributed by atoms with van der Waals surface area (Å²) in [7, 11) is 0. The number of hydrogen-bond acceptors (Lipinski definition) is 1. The minimum absolute atomic E-state index is 0.340. The van der Waals surface area contributed by atoms with Crippen LogP contribution in [0.4, 0.5) is 0 Å². The molecule has 1 aliphatic rings. The maximum atomic E-state index is 5.82. The van der Waals surface area contributed by atoms with Crippen LogP contribution >= 0.6 is 0 Å². The fraction of sp³-hybridized carbons (Fsp3) is 0.538. The molecule has 0 saturated carbocycles. The molecule has 0 amide bonds. The van der Waals surface area contributed by atoms with Gasteiger partial charge in [-0.3, -0.25) is 0 Å². The van der Waals surface area contributed by atoms with Crippen molar-refractivity contribution in [3.05, 3.63) is 35.4 Å². The lowest BCUT2D eigenvalue weighted by atomic mass is 9.95. The van der Waals surface area contributed by atoms with Gasteiger partial charge in [-0.2, -0.15) is 0 Å². The fourth-order valence-electron chi connectivity index (χ4n) is 1.93. The van der Waals surface area contributed by atoms with Gasteiger partial charge >= 0.3 is 0 Å². The Morgan fingerprint density at radius 1 is 1.14 bits per heavy atom. The molecule has 76 valence electrons. The van der Waals surface area contributed by atoms with E-state index in [1.807, 2.05) is 0 Å². The topological polar surface area (TPSA) is 9.23 Å². The first kappa shape index (κ1) is 9.72. The monoisotopic (exact) mass is 190 g/mol. The molecule has 14 heavy (non-hydrogen) atoms. The SMILES string of the molecule is Cc1ccc(C2CCC(C)CO2)cc1. The maximum Gasteiger partial charge on any atom is 0.0825 e. The highest BCUT2D eigenvalue weighted by molar-refractivity contribution is 5.23. The molecule has 0 bridgehead atoms. The Labute approximate surface area is 86.1 Å². The molecular weight excluding hydrogens is 172 g/mol. The van der Waals surface area contributed by atoms with Gasteiger partial charge < -0.3 is 4.74 Å². The van der Waals surface area contributed by atoms with E-state index in [4.69, 9.17) is 4.74 Å². The predicted molar refractivity (Wildman–Crippen MR) is 58.3 cm³/mol. The quantitative estimate of drug-likeness (QED) is 0.658. The second-order valence-electron chi connectivity index (χ2n) is 4.42. The minimum Gasteiger partial charge on any atom is -0.373 e. The first-order valence-electron chi connectivity index (χ1n) is 5.44. The third kappa shape index (κ3) is 2.16. The molecule has 0 N–H and O–H groups in total. The van der Waals surface area contributed by atoms with Gasteiger partial charge in [-0.25, -0.2) is 0 Å². The van der Waals surface area contributed by atoms with Gasteiger partial charge in [0.05, 0.1) is 6.10 Å². The van der Waals surface area contributed by atoms with E-state index in [2.05, 4.69) is 38.1 Å². The van der Waals surface area contributed by atoms with E-state index >= 15 is 0 Å². The zero-order valence-corrected chi connectivity index (χ0v) is 8.99. The number of ether oxygens (including phenoxy) is 1. The second-order valence-corrected chi connectivity index (χ2v) is 4.42. The van der Waals surface area contributed by atoms with Crippen molar-refractivity contribution < 1.29 is 4.74 Å². The summed E-state index contributed by atoms with van der Waals surface area (Å²) in [6.45, 7) is 5.29. The summed E-state index contributed by atoms with van der Waals surface area (Å²) in [4.78, 5) is 0. The molecule has 1 fully saturated rings. The van der Waals surface area contributed by atoms with Crippen molar-refractivity contribution in [3.8, 4) is 0 Å². The Morgan fingerprint density at radius 3 is 2.43 bits per heavy atom. The van der Waals surface area contributed by atoms with Crippen molar-refractivity contribution in [1.82, 2.24) is 0 Å². The number of rotatable bonds is 1. The Kier molecular flexibility index (Phi) is 2.87. The lowest BCUT2D eigenvalue weighted by molar-refractivity contribution is -0.0123. The molecule has 1 saturated heterocycles. The van der Waals surface area contributed by atoms with Gasteiger partial charge in [0, 0.05) is 6.61 Å². The van der Waals surface area contributed by atoms with Crippen molar-refractivity contribution in [2.24, 2.45) is 5.92 Å². The summed E-state index contributed by atoms with van der Waals surface area (Å²) < 4.78 is 5.82. The smallest absolute Gasteiger partial charge is 0.0825 e. The molecule has 0 aromatic heterocycles. The van der Waals surface area contributed by atoms with Crippen LogP contribution in [0.15, 0.2) is 24.3 Å². The predicted octanol–water partition coefficient (Wildman–Crippen LogP) is 3.48. The Hall–Kier alpha value is -0.820. The average Bonchev–Trinajstić information content (AvgIpc) is 2.21. The second kappa shape index (κ2) is 4.14. The van der Waals surface area contributed by atoms with Gasteiger partial charge in [-0.1, -0.05) is 36.8 Å². The van der Waals surface area contributed by atoms with Gasteiger partial charge in [0.1, 0.15) is 0 Å². The third-order valence-corrected chi connectivity index (χ3v) is 2.95. The zero-order chi connectivity index (χ0) is 9.97. The molecule has 0 aliphatic carbocycles. The molecule has 1 aliphatic heterocycles. The molecule has 1 nitrogen and oxygen atoms in total. The van der Waals surface area contributed by atoms with Crippen molar-refractivity contribution in [2.75, 3.05) is 6.61 Å². The van der Waals surface area contributed by atoms with E-state index in [-0.39, 0.29) is 0 Å². The van der Waals surface area contributed by atoms with Crippen LogP contribution in [0.2, 0.25) is 0 Å². The number of benzene rings is 1. The van der Waals surface area contributed by atoms with Crippen LogP contribution < -0.4 is 0 Å². The molecule has 2 rings (SSSR count). The first-order chi connectivity index (χ1) is 6.75. The number of aryl methyl sites for hydroxylation is 1. The molecule has 1 aromatic rings. The van der Waals surface area contributed by atoms with Crippen molar-refractivity contribution in [3.63, 3.8) is 0 Å². The highest BCUT2D eigenvalue weighted by Crippen LogP contribution is 2.30. The van der Waals surface area contributed by atoms with Crippen LogP contribution in [0.25, 0.3) is 0 Å². The van der Waals surface area contributed by atoms with Crippen molar-refractivity contribution in [1.29, 1.82) is 0 Å². The van der Waals surface area contributed by atoms with Gasteiger partial charge in [-0.05, 0) is 31.2 Å². The first-order valence-corrected chi connectivity index (χ1v) is 5.44. The Morgan fingerprint density at radius 2 is 1.86 bits per heavy atom. The fourth-order valence-corrected chi connectivity index (χ4v) is 1.93. The van der Waals surface area contributed by atoms with Gasteiger partial charge in [0.2, 0.25) is 0 Å². The summed E-state index contributed by atoms with van der Waals surface area (Å²) >= 11 is 0. The lowest BCUT2D eigenvalue weighted by Gasteiger charge is -2.27. The molecule has 1 aromatic carbocycles. The zero-order valence-electron chi connectivity index (χ0n) is 8.99. The lowest BCUT2D eigenvalue weighted by Crippen LogP contribution is -2.18. The van der Waals surface area contributed by atoms with E-state index < -0.39 is 0 Å². The van der Waals surface area contributed by atoms with Crippen LogP contribution in [0, 0.1) is 12.8 Å². The molecule has 1 heteroatoms. The van der Waals surface area contributed by atoms with Crippen LogP contribution in [-0.4, -0.2) is 6.61 Å². The molecule has 0 radical (unpaired) electrons. The molecule has 2 unspecified atom stereocenters. The van der Waals surface area contributed by atoms with Crippen LogP contribution in [0.5, 0.6) is 0 Å². The van der Waals surface area contributed by atoms with Crippen LogP contribution in [-0.2, 0) is 4.74 Å². The normalized spacial score (nSPS) is 27.6. The van der Waals surface area contributed by atoms with E-state index in [0.717, 1.165) is 12.5 Å². The van der Waals surface area contributed by atoms with Gasteiger partial charge in [0.15, 0.2) is 0 Å². The molecular formula is C13H18O. The number of hydrogen-bond donors (Lipinski definition) is 0. The largest absolute Gasteiger partial charge is 0.373 e. The summed E-state index contributed by atoms with van der Waals surface area (Å²) in [5.74, 6) is 0.733. The average molecular weight is 190 g/mol. The molecule has 0 spiro atoms. The third-order valence-electron chi connectivity index (χ3n) is 2.95. The summed E-state index contributed by atoms with van der Waals surface area (Å²) in [6, 6.07) is 8.71. The van der Waals surface area contributed by atoms with Crippen molar-refractivity contribution >= 4 is 0 Å². The van der Waals surface area contributed by atoms with Crippen LogP contribution in [0.3, 0.4) is 0 Å². The maximum absolute atomic E-state index is 5.82. The summed E-state index contributed by atoms with van der Waals surface area (Å²) in [5.41, 5.74) is 2.65. The van der Waals surface area contributed by atoms with Crippen molar-refractivity contribution in [2.45, 2.75) is 32.8 Å². The minimum atomic E-state index is 0.340. The van der Waals surface area contributed by atoms with Gasteiger partial charge in [-0.15, -0.1) is 0 Å². The van der Waals surface area contributed by atoms with E-state index in [1.54, 1.807) is 0 Å². The van der Waals surface area contributed by atoms with E-state index in [9.17, 15) is 0 Å². The highest BCUT2D eigenvalue weighted by atomic mass is 16.5. The van der Waals surface area contributed by atoms with Gasteiger partial charge in [0.25, 0.3) is 0 Å². The standard InChI is InChI=1S/C13H18O/c1-10-3-6-12(7-4-10)13-8-5-11(2)9-14-13/h3-4,6-7,11,13H,5,8-9H2,1-2H3. The van der Waals surface area contributed by atoms with E-state index in [0.29, 0.717) is 6.10 Å². The molecule has 2 atom stereocenters. The molecule has 1 heterocycles.